The van der Waals surface area contributed by atoms with Crippen LogP contribution in [-0.4, -0.2) is 29.6 Å². The predicted octanol–water partition coefficient (Wildman–Crippen LogP) is 2.78. The van der Waals surface area contributed by atoms with Gasteiger partial charge >= 0.3 is 0 Å². The predicted molar refractivity (Wildman–Crippen MR) is 103 cm³/mol. The minimum atomic E-state index is 0.532. The Morgan fingerprint density at radius 2 is 1.96 bits per heavy atom. The second-order valence-electron chi connectivity index (χ2n) is 6.13. The molecule has 3 N–H and O–H groups in total. The second kappa shape index (κ2) is 8.84. The smallest absolute Gasteiger partial charge is 0.229 e. The van der Waals surface area contributed by atoms with Crippen LogP contribution in [0.15, 0.2) is 30.5 Å². The lowest BCUT2D eigenvalue weighted by Gasteiger charge is -2.18. The standard InChI is InChI=1S/C20H22N6/c21-11-3-1-2-6-17-15-23-20(25-19(17)26-12-4-5-13-26)24-18-9-7-16(14-22)8-10-18/h7-10,15H,1,3-5,11-13,21H2,(H,23,24,25). The highest BCUT2D eigenvalue weighted by Gasteiger charge is 2.18. The Hall–Kier alpha value is -3.09. The molecule has 0 saturated carbocycles. The maximum absolute atomic E-state index is 8.89. The molecule has 6 nitrogen and oxygen atoms in total. The van der Waals surface area contributed by atoms with E-state index in [1.165, 1.54) is 12.8 Å². The highest BCUT2D eigenvalue weighted by atomic mass is 15.2. The van der Waals surface area contributed by atoms with Gasteiger partial charge in [-0.15, -0.1) is 0 Å². The molecule has 1 fully saturated rings. The first-order valence-electron chi connectivity index (χ1n) is 8.88. The van der Waals surface area contributed by atoms with Gasteiger partial charge < -0.3 is 16.0 Å². The van der Waals surface area contributed by atoms with E-state index in [0.717, 1.165) is 43.0 Å². The van der Waals surface area contributed by atoms with Crippen molar-refractivity contribution in [2.75, 3.05) is 29.9 Å². The lowest BCUT2D eigenvalue weighted by atomic mass is 10.2. The molecule has 0 atom stereocenters. The number of rotatable bonds is 5. The van der Waals surface area contributed by atoms with Crippen LogP contribution in [0.5, 0.6) is 0 Å². The summed E-state index contributed by atoms with van der Waals surface area (Å²) in [5.41, 5.74) is 7.85. The van der Waals surface area contributed by atoms with Crippen molar-refractivity contribution in [2.24, 2.45) is 5.73 Å². The van der Waals surface area contributed by atoms with Crippen molar-refractivity contribution in [2.45, 2.75) is 25.7 Å². The van der Waals surface area contributed by atoms with E-state index in [4.69, 9.17) is 16.0 Å². The van der Waals surface area contributed by atoms with Crippen molar-refractivity contribution in [3.05, 3.63) is 41.6 Å². The van der Waals surface area contributed by atoms with Crippen molar-refractivity contribution in [3.8, 4) is 17.9 Å². The SMILES string of the molecule is N#Cc1ccc(Nc2ncc(C#CCCCN)c(N3CCCC3)n2)cc1. The van der Waals surface area contributed by atoms with Crippen molar-refractivity contribution in [3.63, 3.8) is 0 Å². The zero-order chi connectivity index (χ0) is 18.2. The van der Waals surface area contributed by atoms with Gasteiger partial charge in [0.2, 0.25) is 5.95 Å². The van der Waals surface area contributed by atoms with Crippen LogP contribution in [0.2, 0.25) is 0 Å². The Balaban J connectivity index is 1.83. The Morgan fingerprint density at radius 1 is 1.19 bits per heavy atom. The summed E-state index contributed by atoms with van der Waals surface area (Å²) in [5, 5.41) is 12.1. The molecular formula is C20H22N6. The Morgan fingerprint density at radius 3 is 2.65 bits per heavy atom. The molecule has 1 aliphatic heterocycles. The quantitative estimate of drug-likeness (QED) is 0.639. The molecule has 2 heterocycles. The molecule has 0 amide bonds. The van der Waals surface area contributed by atoms with Gasteiger partial charge in [0.1, 0.15) is 5.82 Å². The largest absolute Gasteiger partial charge is 0.355 e. The third-order valence-electron chi connectivity index (χ3n) is 4.17. The van der Waals surface area contributed by atoms with Crippen molar-refractivity contribution in [1.82, 2.24) is 9.97 Å². The molecule has 0 radical (unpaired) electrons. The Bertz CT molecular complexity index is 835. The molecule has 0 spiro atoms. The maximum atomic E-state index is 8.89. The summed E-state index contributed by atoms with van der Waals surface area (Å²) in [6.45, 7) is 2.63. The van der Waals surface area contributed by atoms with Gasteiger partial charge in [-0.3, -0.25) is 0 Å². The maximum Gasteiger partial charge on any atom is 0.229 e. The Labute approximate surface area is 154 Å². The lowest BCUT2D eigenvalue weighted by molar-refractivity contribution is 0.869. The van der Waals surface area contributed by atoms with Gasteiger partial charge in [-0.05, 0) is 50.1 Å². The number of nitrogens with zero attached hydrogens (tertiary/aromatic N) is 4. The van der Waals surface area contributed by atoms with Crippen molar-refractivity contribution >= 4 is 17.5 Å². The number of benzene rings is 1. The molecule has 132 valence electrons. The zero-order valence-electron chi connectivity index (χ0n) is 14.7. The number of nitriles is 1. The van der Waals surface area contributed by atoms with E-state index >= 15 is 0 Å². The Kier molecular flexibility index (Phi) is 6.03. The molecule has 0 aliphatic carbocycles. The van der Waals surface area contributed by atoms with Gasteiger partial charge in [-0.25, -0.2) is 4.98 Å². The van der Waals surface area contributed by atoms with E-state index in [9.17, 15) is 0 Å². The molecule has 3 rings (SSSR count). The monoisotopic (exact) mass is 346 g/mol. The fraction of sp³-hybridized carbons (Fsp3) is 0.350. The molecule has 1 aromatic heterocycles. The molecule has 6 heteroatoms. The van der Waals surface area contributed by atoms with Crippen LogP contribution >= 0.6 is 0 Å². The number of hydrogen-bond donors (Lipinski definition) is 2. The van der Waals surface area contributed by atoms with Gasteiger partial charge in [-0.2, -0.15) is 10.2 Å². The highest BCUT2D eigenvalue weighted by molar-refractivity contribution is 5.61. The van der Waals surface area contributed by atoms with Gasteiger partial charge in [-0.1, -0.05) is 11.8 Å². The molecule has 0 unspecified atom stereocenters. The summed E-state index contributed by atoms with van der Waals surface area (Å²) in [6, 6.07) is 9.33. The lowest BCUT2D eigenvalue weighted by Crippen LogP contribution is -2.21. The number of unbranched alkanes of at least 4 members (excludes halogenated alkanes) is 1. The molecule has 1 aromatic carbocycles. The number of anilines is 3. The molecule has 1 saturated heterocycles. The normalized spacial score (nSPS) is 13.0. The fourth-order valence-corrected chi connectivity index (χ4v) is 2.80. The highest BCUT2D eigenvalue weighted by Crippen LogP contribution is 2.24. The second-order valence-corrected chi connectivity index (χ2v) is 6.13. The molecule has 0 bridgehead atoms. The third kappa shape index (κ3) is 4.50. The summed E-state index contributed by atoms with van der Waals surface area (Å²) >= 11 is 0. The van der Waals surface area contributed by atoms with Gasteiger partial charge in [0.15, 0.2) is 0 Å². The van der Waals surface area contributed by atoms with Crippen LogP contribution in [0.1, 0.15) is 36.8 Å². The average Bonchev–Trinajstić information content (AvgIpc) is 3.21. The van der Waals surface area contributed by atoms with E-state index in [-0.39, 0.29) is 0 Å². The number of hydrogen-bond acceptors (Lipinski definition) is 6. The third-order valence-corrected chi connectivity index (χ3v) is 4.17. The number of aromatic nitrogens is 2. The first-order valence-corrected chi connectivity index (χ1v) is 8.88. The van der Waals surface area contributed by atoms with Crippen LogP contribution in [0.4, 0.5) is 17.5 Å². The van der Waals surface area contributed by atoms with Crippen LogP contribution in [0.25, 0.3) is 0 Å². The van der Waals surface area contributed by atoms with Crippen LogP contribution < -0.4 is 16.0 Å². The van der Waals surface area contributed by atoms with E-state index in [1.54, 1.807) is 18.3 Å². The topological polar surface area (TPSA) is 90.9 Å². The van der Waals surface area contributed by atoms with E-state index in [0.29, 0.717) is 18.1 Å². The van der Waals surface area contributed by atoms with Crippen LogP contribution in [0.3, 0.4) is 0 Å². The summed E-state index contributed by atoms with van der Waals surface area (Å²) in [5.74, 6) is 7.77. The number of nitrogens with two attached hydrogens (primary N) is 1. The first kappa shape index (κ1) is 17.7. The summed E-state index contributed by atoms with van der Waals surface area (Å²) in [7, 11) is 0. The summed E-state index contributed by atoms with van der Waals surface area (Å²) in [6.07, 6.45) is 5.79. The average molecular weight is 346 g/mol. The summed E-state index contributed by atoms with van der Waals surface area (Å²) < 4.78 is 0. The fourth-order valence-electron chi connectivity index (χ4n) is 2.80. The van der Waals surface area contributed by atoms with Crippen molar-refractivity contribution < 1.29 is 0 Å². The minimum absolute atomic E-state index is 0.532. The summed E-state index contributed by atoms with van der Waals surface area (Å²) in [4.78, 5) is 11.4. The first-order chi connectivity index (χ1) is 12.8. The van der Waals surface area contributed by atoms with E-state index in [1.807, 2.05) is 12.1 Å². The van der Waals surface area contributed by atoms with Crippen molar-refractivity contribution in [1.29, 1.82) is 5.26 Å². The van der Waals surface area contributed by atoms with E-state index in [2.05, 4.69) is 33.1 Å². The van der Waals surface area contributed by atoms with Gasteiger partial charge in [0.05, 0.1) is 23.4 Å². The number of nitrogens with one attached hydrogen (secondary N) is 1. The molecule has 26 heavy (non-hydrogen) atoms. The minimum Gasteiger partial charge on any atom is -0.355 e. The molecule has 1 aliphatic rings. The molecule has 2 aromatic rings. The van der Waals surface area contributed by atoms with Gasteiger partial charge in [0.25, 0.3) is 0 Å². The molecular weight excluding hydrogens is 324 g/mol. The van der Waals surface area contributed by atoms with E-state index < -0.39 is 0 Å². The van der Waals surface area contributed by atoms with Crippen LogP contribution in [-0.2, 0) is 0 Å². The van der Waals surface area contributed by atoms with Crippen LogP contribution in [0, 0.1) is 23.2 Å². The zero-order valence-corrected chi connectivity index (χ0v) is 14.7. The van der Waals surface area contributed by atoms with Gasteiger partial charge in [0, 0.05) is 25.2 Å².